The van der Waals surface area contributed by atoms with Crippen molar-refractivity contribution in [2.45, 2.75) is 6.54 Å². The normalized spacial score (nSPS) is 10.2. The van der Waals surface area contributed by atoms with Gasteiger partial charge in [0.1, 0.15) is 5.82 Å². The third-order valence-electron chi connectivity index (χ3n) is 2.55. The number of nitrogens with one attached hydrogen (secondary N) is 2. The molecule has 0 fully saturated rings. The number of urea groups is 1. The molecule has 0 saturated carbocycles. The van der Waals surface area contributed by atoms with Gasteiger partial charge >= 0.3 is 6.03 Å². The van der Waals surface area contributed by atoms with Crippen molar-refractivity contribution in [3.63, 3.8) is 0 Å². The Morgan fingerprint density at radius 2 is 1.70 bits per heavy atom. The Labute approximate surface area is 125 Å². The number of carbonyl (C=O) groups excluding carboxylic acids is 1. The second-order valence-corrected chi connectivity index (χ2v) is 4.93. The number of anilines is 1. The summed E-state index contributed by atoms with van der Waals surface area (Å²) < 4.78 is 13.5. The quantitative estimate of drug-likeness (QED) is 0.863. The molecule has 0 aliphatic heterocycles. The SMILES string of the molecule is O=C(NCc1ccc(Cl)cc1)Nc1ccc(Cl)cc1F. The van der Waals surface area contributed by atoms with Crippen LogP contribution in [0.4, 0.5) is 14.9 Å². The molecule has 2 amide bonds. The highest BCUT2D eigenvalue weighted by atomic mass is 35.5. The van der Waals surface area contributed by atoms with Crippen LogP contribution >= 0.6 is 23.2 Å². The van der Waals surface area contributed by atoms with Gasteiger partial charge in [-0.05, 0) is 35.9 Å². The molecular formula is C14H11Cl2FN2O. The molecule has 0 aliphatic rings. The third kappa shape index (κ3) is 4.11. The first kappa shape index (κ1) is 14.6. The van der Waals surface area contributed by atoms with Gasteiger partial charge in [0.05, 0.1) is 5.69 Å². The summed E-state index contributed by atoms with van der Waals surface area (Å²) in [4.78, 5) is 11.6. The Morgan fingerprint density at radius 3 is 2.35 bits per heavy atom. The summed E-state index contributed by atoms with van der Waals surface area (Å²) in [6.07, 6.45) is 0. The van der Waals surface area contributed by atoms with Crippen molar-refractivity contribution in [1.82, 2.24) is 5.32 Å². The molecule has 3 nitrogen and oxygen atoms in total. The smallest absolute Gasteiger partial charge is 0.319 e. The minimum atomic E-state index is -0.584. The standard InChI is InChI=1S/C14H11Cl2FN2O/c15-10-3-1-9(2-4-10)8-18-14(20)19-13-6-5-11(16)7-12(13)17/h1-7H,8H2,(H2,18,19,20). The maximum absolute atomic E-state index is 13.5. The highest BCUT2D eigenvalue weighted by Crippen LogP contribution is 2.18. The molecule has 0 saturated heterocycles. The van der Waals surface area contributed by atoms with E-state index in [0.717, 1.165) is 11.6 Å². The maximum Gasteiger partial charge on any atom is 0.319 e. The van der Waals surface area contributed by atoms with Gasteiger partial charge in [0, 0.05) is 16.6 Å². The second-order valence-electron chi connectivity index (χ2n) is 4.06. The molecule has 0 aromatic heterocycles. The molecule has 2 aromatic rings. The van der Waals surface area contributed by atoms with Gasteiger partial charge in [-0.1, -0.05) is 35.3 Å². The summed E-state index contributed by atoms with van der Waals surface area (Å²) in [5.74, 6) is -0.584. The lowest BCUT2D eigenvalue weighted by Crippen LogP contribution is -2.28. The predicted octanol–water partition coefficient (Wildman–Crippen LogP) is 4.45. The van der Waals surface area contributed by atoms with E-state index in [4.69, 9.17) is 23.2 Å². The van der Waals surface area contributed by atoms with E-state index in [1.54, 1.807) is 24.3 Å². The number of hydrogen-bond acceptors (Lipinski definition) is 1. The molecule has 0 aliphatic carbocycles. The number of benzene rings is 2. The molecule has 0 unspecified atom stereocenters. The van der Waals surface area contributed by atoms with E-state index in [-0.39, 0.29) is 10.7 Å². The number of halogens is 3. The van der Waals surface area contributed by atoms with Crippen LogP contribution in [-0.2, 0) is 6.54 Å². The van der Waals surface area contributed by atoms with E-state index in [1.165, 1.54) is 12.1 Å². The first-order valence-electron chi connectivity index (χ1n) is 5.79. The van der Waals surface area contributed by atoms with Gasteiger partial charge in [0.25, 0.3) is 0 Å². The zero-order chi connectivity index (χ0) is 14.5. The Bertz CT molecular complexity index is 617. The van der Waals surface area contributed by atoms with E-state index in [2.05, 4.69) is 10.6 Å². The zero-order valence-electron chi connectivity index (χ0n) is 10.3. The number of hydrogen-bond donors (Lipinski definition) is 2. The minimum Gasteiger partial charge on any atom is -0.334 e. The summed E-state index contributed by atoms with van der Waals surface area (Å²) in [5.41, 5.74) is 0.962. The van der Waals surface area contributed by atoms with Crippen LogP contribution in [0.1, 0.15) is 5.56 Å². The molecule has 0 bridgehead atoms. The van der Waals surface area contributed by atoms with Crippen LogP contribution in [0.2, 0.25) is 10.0 Å². The van der Waals surface area contributed by atoms with E-state index in [0.29, 0.717) is 11.6 Å². The lowest BCUT2D eigenvalue weighted by molar-refractivity contribution is 0.251. The lowest BCUT2D eigenvalue weighted by atomic mass is 10.2. The highest BCUT2D eigenvalue weighted by Gasteiger charge is 2.07. The van der Waals surface area contributed by atoms with Gasteiger partial charge in [-0.2, -0.15) is 0 Å². The van der Waals surface area contributed by atoms with Crippen molar-refractivity contribution in [1.29, 1.82) is 0 Å². The third-order valence-corrected chi connectivity index (χ3v) is 3.03. The van der Waals surface area contributed by atoms with Crippen LogP contribution < -0.4 is 10.6 Å². The van der Waals surface area contributed by atoms with Crippen molar-refractivity contribution in [3.8, 4) is 0 Å². The van der Waals surface area contributed by atoms with Crippen LogP contribution in [0.3, 0.4) is 0 Å². The van der Waals surface area contributed by atoms with E-state index in [1.807, 2.05) is 0 Å². The number of carbonyl (C=O) groups is 1. The minimum absolute atomic E-state index is 0.0722. The maximum atomic E-state index is 13.5. The fourth-order valence-corrected chi connectivity index (χ4v) is 1.83. The lowest BCUT2D eigenvalue weighted by Gasteiger charge is -2.08. The molecule has 0 spiro atoms. The van der Waals surface area contributed by atoms with Crippen LogP contribution in [0, 0.1) is 5.82 Å². The van der Waals surface area contributed by atoms with Crippen molar-refractivity contribution in [2.24, 2.45) is 0 Å². The topological polar surface area (TPSA) is 41.1 Å². The van der Waals surface area contributed by atoms with Crippen molar-refractivity contribution < 1.29 is 9.18 Å². The molecule has 0 heterocycles. The van der Waals surface area contributed by atoms with Gasteiger partial charge in [0.2, 0.25) is 0 Å². The first-order chi connectivity index (χ1) is 9.54. The molecule has 0 atom stereocenters. The van der Waals surface area contributed by atoms with E-state index >= 15 is 0 Å². The van der Waals surface area contributed by atoms with Crippen LogP contribution in [-0.4, -0.2) is 6.03 Å². The fourth-order valence-electron chi connectivity index (χ4n) is 1.54. The molecule has 2 N–H and O–H groups in total. The Morgan fingerprint density at radius 1 is 1.05 bits per heavy atom. The van der Waals surface area contributed by atoms with Crippen LogP contribution in [0.5, 0.6) is 0 Å². The zero-order valence-corrected chi connectivity index (χ0v) is 11.8. The largest absolute Gasteiger partial charge is 0.334 e. The molecule has 20 heavy (non-hydrogen) atoms. The van der Waals surface area contributed by atoms with Crippen molar-refractivity contribution in [2.75, 3.05) is 5.32 Å². The Kier molecular flexibility index (Phi) is 4.82. The molecule has 6 heteroatoms. The summed E-state index contributed by atoms with van der Waals surface area (Å²) >= 11 is 11.4. The van der Waals surface area contributed by atoms with Gasteiger partial charge in [-0.15, -0.1) is 0 Å². The Balaban J connectivity index is 1.90. The summed E-state index contributed by atoms with van der Waals surface area (Å²) in [5, 5.41) is 5.92. The molecule has 2 aromatic carbocycles. The van der Waals surface area contributed by atoms with Crippen molar-refractivity contribution >= 4 is 34.9 Å². The average Bonchev–Trinajstić information content (AvgIpc) is 2.41. The van der Waals surface area contributed by atoms with Gasteiger partial charge < -0.3 is 10.6 Å². The van der Waals surface area contributed by atoms with Gasteiger partial charge in [-0.3, -0.25) is 0 Å². The average molecular weight is 313 g/mol. The van der Waals surface area contributed by atoms with E-state index in [9.17, 15) is 9.18 Å². The first-order valence-corrected chi connectivity index (χ1v) is 6.54. The number of amides is 2. The summed E-state index contributed by atoms with van der Waals surface area (Å²) in [6.45, 7) is 0.318. The molecule has 104 valence electrons. The van der Waals surface area contributed by atoms with Gasteiger partial charge in [-0.25, -0.2) is 9.18 Å². The van der Waals surface area contributed by atoms with Gasteiger partial charge in [0.15, 0.2) is 0 Å². The fraction of sp³-hybridized carbons (Fsp3) is 0.0714. The molecular weight excluding hydrogens is 302 g/mol. The van der Waals surface area contributed by atoms with Crippen LogP contribution in [0.15, 0.2) is 42.5 Å². The summed E-state index contributed by atoms with van der Waals surface area (Å²) in [7, 11) is 0. The molecule has 2 rings (SSSR count). The van der Waals surface area contributed by atoms with E-state index < -0.39 is 11.8 Å². The highest BCUT2D eigenvalue weighted by molar-refractivity contribution is 6.30. The number of rotatable bonds is 3. The second kappa shape index (κ2) is 6.59. The van der Waals surface area contributed by atoms with Crippen molar-refractivity contribution in [3.05, 3.63) is 63.9 Å². The monoisotopic (exact) mass is 312 g/mol. The van der Waals surface area contributed by atoms with Crippen LogP contribution in [0.25, 0.3) is 0 Å². The summed E-state index contributed by atoms with van der Waals surface area (Å²) in [6, 6.07) is 10.6. The molecule has 0 radical (unpaired) electrons. The Hall–Kier alpha value is -1.78. The predicted molar refractivity (Wildman–Crippen MR) is 78.7 cm³/mol.